The van der Waals surface area contributed by atoms with Gasteiger partial charge in [0.1, 0.15) is 5.58 Å². The summed E-state index contributed by atoms with van der Waals surface area (Å²) in [5.41, 5.74) is 9.07. The third kappa shape index (κ3) is 3.57. The molecule has 0 bridgehead atoms. The highest BCUT2D eigenvalue weighted by Gasteiger charge is 2.15. The molecule has 0 fully saturated rings. The van der Waals surface area contributed by atoms with Gasteiger partial charge in [-0.15, -0.1) is 0 Å². The minimum atomic E-state index is 0.197. The molecule has 3 nitrogen and oxygen atoms in total. The van der Waals surface area contributed by atoms with E-state index in [2.05, 4.69) is 88.8 Å². The average Bonchev–Trinajstić information content (AvgIpc) is 3.22. The number of hydrogen-bond acceptors (Lipinski definition) is 3. The number of aryl methyl sites for hydroxylation is 1. The Labute approximate surface area is 196 Å². The Kier molecular flexibility index (Phi) is 4.70. The van der Waals surface area contributed by atoms with Crippen LogP contribution in [-0.4, -0.2) is 9.97 Å². The van der Waals surface area contributed by atoms with E-state index in [9.17, 15) is 0 Å². The molecule has 4 heteroatoms. The standard InChI is InChI=1S/C29H19ClN2O/c1-18-27-25-17-21(12-13-26(25)33-28(27)32-29(30)31-18)24-15-22(19-8-4-2-5-9-19)14-23(16-24)20-10-6-3-7-11-20/h2-17H,1H3. The van der Waals surface area contributed by atoms with Crippen molar-refractivity contribution in [1.82, 2.24) is 9.97 Å². The molecule has 0 saturated heterocycles. The fourth-order valence-electron chi connectivity index (χ4n) is 4.38. The molecule has 6 rings (SSSR count). The second-order valence-electron chi connectivity index (χ2n) is 8.10. The molecular formula is C29H19ClN2O. The lowest BCUT2D eigenvalue weighted by molar-refractivity contribution is 0.652. The Hall–Kier alpha value is -3.95. The minimum absolute atomic E-state index is 0.197. The van der Waals surface area contributed by atoms with Crippen LogP contribution in [-0.2, 0) is 0 Å². The fraction of sp³-hybridized carbons (Fsp3) is 0.0345. The van der Waals surface area contributed by atoms with Crippen LogP contribution < -0.4 is 0 Å². The maximum atomic E-state index is 6.05. The fourth-order valence-corrected chi connectivity index (χ4v) is 4.59. The van der Waals surface area contributed by atoms with E-state index < -0.39 is 0 Å². The SMILES string of the molecule is Cc1nc(Cl)nc2oc3ccc(-c4cc(-c5ccccc5)cc(-c5ccccc5)c4)cc3c12. The van der Waals surface area contributed by atoms with E-state index in [-0.39, 0.29) is 5.28 Å². The van der Waals surface area contributed by atoms with E-state index in [4.69, 9.17) is 16.0 Å². The van der Waals surface area contributed by atoms with Crippen LogP contribution in [0.4, 0.5) is 0 Å². The van der Waals surface area contributed by atoms with Crippen LogP contribution in [0.15, 0.2) is 101 Å². The number of benzene rings is 4. The van der Waals surface area contributed by atoms with Gasteiger partial charge < -0.3 is 4.42 Å². The topological polar surface area (TPSA) is 38.9 Å². The van der Waals surface area contributed by atoms with Crippen LogP contribution in [0.1, 0.15) is 5.69 Å². The molecule has 0 spiro atoms. The zero-order valence-electron chi connectivity index (χ0n) is 17.9. The lowest BCUT2D eigenvalue weighted by Crippen LogP contribution is -1.87. The van der Waals surface area contributed by atoms with E-state index in [1.165, 1.54) is 22.3 Å². The summed E-state index contributed by atoms with van der Waals surface area (Å²) in [5, 5.41) is 2.09. The lowest BCUT2D eigenvalue weighted by Gasteiger charge is -2.11. The van der Waals surface area contributed by atoms with Crippen LogP contribution in [0, 0.1) is 6.92 Å². The first-order valence-corrected chi connectivity index (χ1v) is 11.2. The van der Waals surface area contributed by atoms with Crippen molar-refractivity contribution in [3.8, 4) is 33.4 Å². The summed E-state index contributed by atoms with van der Waals surface area (Å²) in [4.78, 5) is 8.60. The number of hydrogen-bond donors (Lipinski definition) is 0. The van der Waals surface area contributed by atoms with Crippen LogP contribution in [0.25, 0.3) is 55.4 Å². The molecule has 0 amide bonds. The van der Waals surface area contributed by atoms with Gasteiger partial charge in [-0.05, 0) is 82.2 Å². The highest BCUT2D eigenvalue weighted by molar-refractivity contribution is 6.28. The van der Waals surface area contributed by atoms with Crippen molar-refractivity contribution in [3.63, 3.8) is 0 Å². The van der Waals surface area contributed by atoms with Crippen molar-refractivity contribution in [2.75, 3.05) is 0 Å². The number of halogens is 1. The van der Waals surface area contributed by atoms with E-state index in [1.807, 2.05) is 25.1 Å². The Balaban J connectivity index is 1.58. The first kappa shape index (κ1) is 19.7. The summed E-state index contributed by atoms with van der Waals surface area (Å²) in [5.74, 6) is 0. The van der Waals surface area contributed by atoms with Gasteiger partial charge in [-0.1, -0.05) is 66.7 Å². The summed E-state index contributed by atoms with van der Waals surface area (Å²) in [6.07, 6.45) is 0. The smallest absolute Gasteiger partial charge is 0.231 e. The second-order valence-corrected chi connectivity index (χ2v) is 8.44. The van der Waals surface area contributed by atoms with Crippen molar-refractivity contribution in [1.29, 1.82) is 0 Å². The van der Waals surface area contributed by atoms with Crippen LogP contribution in [0.5, 0.6) is 0 Å². The Morgan fingerprint density at radius 2 is 1.18 bits per heavy atom. The van der Waals surface area contributed by atoms with Crippen molar-refractivity contribution in [2.24, 2.45) is 0 Å². The summed E-state index contributed by atoms with van der Waals surface area (Å²) >= 11 is 6.05. The van der Waals surface area contributed by atoms with Crippen molar-refractivity contribution in [2.45, 2.75) is 6.92 Å². The van der Waals surface area contributed by atoms with E-state index in [0.29, 0.717) is 5.71 Å². The molecule has 6 aromatic rings. The third-order valence-corrected chi connectivity index (χ3v) is 6.13. The molecule has 0 atom stereocenters. The average molecular weight is 447 g/mol. The maximum absolute atomic E-state index is 6.05. The van der Waals surface area contributed by atoms with Gasteiger partial charge in [0.25, 0.3) is 0 Å². The minimum Gasteiger partial charge on any atom is -0.438 e. The van der Waals surface area contributed by atoms with Crippen LogP contribution in [0.3, 0.4) is 0 Å². The van der Waals surface area contributed by atoms with Crippen molar-refractivity contribution < 1.29 is 4.42 Å². The zero-order valence-corrected chi connectivity index (χ0v) is 18.7. The molecule has 0 saturated carbocycles. The second kappa shape index (κ2) is 7.88. The van der Waals surface area contributed by atoms with Gasteiger partial charge in [0.2, 0.25) is 11.0 Å². The zero-order chi connectivity index (χ0) is 22.4. The number of rotatable bonds is 3. The van der Waals surface area contributed by atoms with Crippen molar-refractivity contribution >= 4 is 33.7 Å². The first-order chi connectivity index (χ1) is 16.2. The van der Waals surface area contributed by atoms with Crippen molar-refractivity contribution in [3.05, 3.63) is 108 Å². The molecule has 2 aromatic heterocycles. The van der Waals surface area contributed by atoms with Gasteiger partial charge in [0.15, 0.2) is 0 Å². The predicted molar refractivity (Wildman–Crippen MR) is 135 cm³/mol. The van der Waals surface area contributed by atoms with Crippen LogP contribution in [0.2, 0.25) is 5.28 Å². The van der Waals surface area contributed by atoms with Gasteiger partial charge in [0.05, 0.1) is 11.1 Å². The quantitative estimate of drug-likeness (QED) is 0.256. The van der Waals surface area contributed by atoms with E-state index in [1.54, 1.807) is 0 Å². The highest BCUT2D eigenvalue weighted by Crippen LogP contribution is 2.36. The molecular weight excluding hydrogens is 428 g/mol. The molecule has 158 valence electrons. The molecule has 0 aliphatic carbocycles. The van der Waals surface area contributed by atoms with Gasteiger partial charge in [-0.3, -0.25) is 0 Å². The molecule has 33 heavy (non-hydrogen) atoms. The lowest BCUT2D eigenvalue weighted by atomic mass is 9.93. The Bertz CT molecular complexity index is 1560. The predicted octanol–water partition coefficient (Wildman–Crippen LogP) is 8.34. The number of fused-ring (bicyclic) bond motifs is 3. The molecule has 0 aliphatic rings. The molecule has 2 heterocycles. The normalized spacial score (nSPS) is 11.3. The number of nitrogens with zero attached hydrogens (tertiary/aromatic N) is 2. The summed E-state index contributed by atoms with van der Waals surface area (Å²) in [6, 6.07) is 33.9. The molecule has 0 unspecified atom stereocenters. The summed E-state index contributed by atoms with van der Waals surface area (Å²) < 4.78 is 5.96. The summed E-state index contributed by atoms with van der Waals surface area (Å²) in [7, 11) is 0. The molecule has 0 N–H and O–H groups in total. The van der Waals surface area contributed by atoms with Gasteiger partial charge in [-0.2, -0.15) is 4.98 Å². The number of aromatic nitrogens is 2. The Morgan fingerprint density at radius 1 is 0.606 bits per heavy atom. The number of furan rings is 1. The molecule has 0 radical (unpaired) electrons. The largest absolute Gasteiger partial charge is 0.438 e. The van der Waals surface area contributed by atoms with E-state index >= 15 is 0 Å². The highest BCUT2D eigenvalue weighted by atomic mass is 35.5. The maximum Gasteiger partial charge on any atom is 0.231 e. The first-order valence-electron chi connectivity index (χ1n) is 10.8. The monoisotopic (exact) mass is 446 g/mol. The Morgan fingerprint density at radius 3 is 1.79 bits per heavy atom. The molecule has 4 aromatic carbocycles. The van der Waals surface area contributed by atoms with E-state index in [0.717, 1.165) is 33.2 Å². The molecule has 0 aliphatic heterocycles. The summed E-state index contributed by atoms with van der Waals surface area (Å²) in [6.45, 7) is 1.93. The van der Waals surface area contributed by atoms with Crippen LogP contribution >= 0.6 is 11.6 Å². The third-order valence-electron chi connectivity index (χ3n) is 5.97. The van der Waals surface area contributed by atoms with Gasteiger partial charge >= 0.3 is 0 Å². The van der Waals surface area contributed by atoms with Gasteiger partial charge in [-0.25, -0.2) is 4.98 Å². The van der Waals surface area contributed by atoms with Gasteiger partial charge in [0, 0.05) is 5.39 Å².